The third kappa shape index (κ3) is 6.20. The molecule has 11 aromatic carbocycles. The van der Waals surface area contributed by atoms with Crippen LogP contribution in [-0.4, -0.2) is 13.7 Å². The number of hydrogen-bond acceptors (Lipinski definition) is 2. The lowest BCUT2D eigenvalue weighted by Gasteiger charge is -2.12. The number of fused-ring (bicyclic) bond motifs is 12. The van der Waals surface area contributed by atoms with Crippen LogP contribution in [0, 0.1) is 0 Å². The summed E-state index contributed by atoms with van der Waals surface area (Å²) in [7, 11) is 0. The van der Waals surface area contributed by atoms with Gasteiger partial charge in [0.05, 0.1) is 33.1 Å². The molecule has 4 aromatic heterocycles. The van der Waals surface area contributed by atoms with Crippen LogP contribution in [0.4, 0.5) is 0 Å². The van der Waals surface area contributed by atoms with Crippen molar-refractivity contribution >= 4 is 87.4 Å². The fourth-order valence-corrected chi connectivity index (χ4v) is 11.3. The highest BCUT2D eigenvalue weighted by Crippen LogP contribution is 2.42. The molecule has 15 aromatic rings. The van der Waals surface area contributed by atoms with E-state index < -0.39 is 0 Å². The molecule has 0 bridgehead atoms. The fourth-order valence-electron chi connectivity index (χ4n) is 11.3. The van der Waals surface area contributed by atoms with Gasteiger partial charge in [-0.05, 0) is 144 Å². The van der Waals surface area contributed by atoms with Gasteiger partial charge < -0.3 is 22.9 Å². The molecule has 0 radical (unpaired) electrons. The zero-order chi connectivity index (χ0) is 46.6. The lowest BCUT2D eigenvalue weighted by Crippen LogP contribution is -1.95. The monoisotopic (exact) mass is 907 g/mol. The molecule has 0 fully saturated rings. The van der Waals surface area contributed by atoms with E-state index in [0.29, 0.717) is 0 Å². The molecule has 0 aliphatic heterocycles. The second-order valence-corrected chi connectivity index (χ2v) is 18.5. The number of hydrogen-bond donors (Lipinski definition) is 0. The first-order chi connectivity index (χ1) is 35.2. The van der Waals surface area contributed by atoms with E-state index in [2.05, 4.69) is 226 Å². The predicted octanol–water partition coefficient (Wildman–Crippen LogP) is 18.0. The van der Waals surface area contributed by atoms with E-state index in [4.69, 9.17) is 9.15 Å². The summed E-state index contributed by atoms with van der Waals surface area (Å²) in [6.07, 6.45) is 0. The molecule has 0 saturated carbocycles. The van der Waals surface area contributed by atoms with E-state index in [1.165, 1.54) is 65.5 Å². The van der Waals surface area contributed by atoms with Crippen LogP contribution in [0.1, 0.15) is 0 Å². The quantitative estimate of drug-likeness (QED) is 0.160. The second kappa shape index (κ2) is 15.5. The summed E-state index contributed by atoms with van der Waals surface area (Å²) in [5.74, 6) is 1.51. The van der Waals surface area contributed by atoms with Crippen LogP contribution in [0.15, 0.2) is 253 Å². The van der Waals surface area contributed by atoms with Gasteiger partial charge in [-0.2, -0.15) is 0 Å². The Morgan fingerprint density at radius 3 is 1.17 bits per heavy atom. The first kappa shape index (κ1) is 39.4. The molecule has 71 heavy (non-hydrogen) atoms. The largest absolute Gasteiger partial charge is 0.457 e. The maximum atomic E-state index is 6.65. The van der Waals surface area contributed by atoms with Crippen LogP contribution < -0.4 is 4.74 Å². The molecule has 0 unspecified atom stereocenters. The van der Waals surface area contributed by atoms with E-state index in [1.54, 1.807) is 0 Å². The molecule has 0 amide bonds. The zero-order valence-electron chi connectivity index (χ0n) is 38.3. The second-order valence-electron chi connectivity index (χ2n) is 18.5. The summed E-state index contributed by atoms with van der Waals surface area (Å²) in [6.45, 7) is 0. The number of para-hydroxylation sites is 5. The fraction of sp³-hybridized carbons (Fsp3) is 0. The van der Waals surface area contributed by atoms with Gasteiger partial charge in [-0.3, -0.25) is 0 Å². The molecule has 5 nitrogen and oxygen atoms in total. The molecule has 0 spiro atoms. The Kier molecular flexibility index (Phi) is 8.59. The van der Waals surface area contributed by atoms with Crippen molar-refractivity contribution in [1.82, 2.24) is 13.7 Å². The van der Waals surface area contributed by atoms with Crippen molar-refractivity contribution in [1.29, 1.82) is 0 Å². The highest BCUT2D eigenvalue weighted by atomic mass is 16.5. The van der Waals surface area contributed by atoms with Crippen LogP contribution in [-0.2, 0) is 0 Å². The summed E-state index contributed by atoms with van der Waals surface area (Å²) in [5.41, 5.74) is 16.7. The Balaban J connectivity index is 0.898. The van der Waals surface area contributed by atoms with Crippen molar-refractivity contribution in [2.45, 2.75) is 0 Å². The summed E-state index contributed by atoms with van der Waals surface area (Å²) in [5, 5.41) is 9.39. The van der Waals surface area contributed by atoms with Crippen molar-refractivity contribution in [3.05, 3.63) is 249 Å². The number of rotatable bonds is 7. The molecule has 0 atom stereocenters. The van der Waals surface area contributed by atoms with Gasteiger partial charge >= 0.3 is 0 Å². The predicted molar refractivity (Wildman–Crippen MR) is 294 cm³/mol. The normalized spacial score (nSPS) is 11.9. The Labute approximate surface area is 407 Å². The maximum absolute atomic E-state index is 6.65. The van der Waals surface area contributed by atoms with Gasteiger partial charge in [0.25, 0.3) is 0 Å². The summed E-state index contributed by atoms with van der Waals surface area (Å²) < 4.78 is 19.9. The van der Waals surface area contributed by atoms with Crippen LogP contribution in [0.3, 0.4) is 0 Å². The third-order valence-electron chi connectivity index (χ3n) is 14.5. The number of benzene rings is 11. The van der Waals surface area contributed by atoms with Crippen LogP contribution in [0.5, 0.6) is 11.5 Å². The van der Waals surface area contributed by atoms with Gasteiger partial charge in [0.2, 0.25) is 0 Å². The zero-order valence-corrected chi connectivity index (χ0v) is 38.3. The Hall–Kier alpha value is -9.58. The van der Waals surface area contributed by atoms with E-state index in [-0.39, 0.29) is 0 Å². The van der Waals surface area contributed by atoms with E-state index in [9.17, 15) is 0 Å². The number of ether oxygens (including phenoxy) is 1. The number of furan rings is 1. The van der Waals surface area contributed by atoms with Gasteiger partial charge in [0, 0.05) is 66.2 Å². The lowest BCUT2D eigenvalue weighted by atomic mass is 9.98. The van der Waals surface area contributed by atoms with E-state index >= 15 is 0 Å². The molecule has 15 rings (SSSR count). The molecule has 0 aliphatic carbocycles. The molecule has 0 aliphatic rings. The Morgan fingerprint density at radius 1 is 0.239 bits per heavy atom. The molecule has 4 heterocycles. The van der Waals surface area contributed by atoms with Crippen molar-refractivity contribution in [2.24, 2.45) is 0 Å². The van der Waals surface area contributed by atoms with Crippen LogP contribution in [0.2, 0.25) is 0 Å². The minimum atomic E-state index is 0.754. The Bertz CT molecular complexity index is 4390. The average Bonchev–Trinajstić information content (AvgIpc) is 4.17. The van der Waals surface area contributed by atoms with Gasteiger partial charge in [-0.25, -0.2) is 0 Å². The molecule has 332 valence electrons. The number of nitrogens with zero attached hydrogens (tertiary/aromatic N) is 3. The van der Waals surface area contributed by atoms with E-state index in [1.807, 2.05) is 36.4 Å². The highest BCUT2D eigenvalue weighted by molar-refractivity contribution is 6.15. The molecule has 0 saturated heterocycles. The summed E-state index contributed by atoms with van der Waals surface area (Å²) >= 11 is 0. The standard InChI is InChI=1S/C66H41N3O2/c1-3-14-46(15-4-1)67-59-23-10-7-20-51(59)54-36-42(26-31-61(54)67)44-28-33-63-56(38-44)57-39-45(43-27-32-62-55(37-43)52-21-8-11-24-60(52)68(62)47-16-5-2-6-17-47)29-34-64(57)69(63)48-18-13-19-49(40-48)70-50-30-35-66-58(41-50)53-22-9-12-25-65(53)71-66/h1-41H. The minimum Gasteiger partial charge on any atom is -0.457 e. The van der Waals surface area contributed by atoms with Crippen LogP contribution >= 0.6 is 0 Å². The summed E-state index contributed by atoms with van der Waals surface area (Å²) in [6, 6.07) is 89.2. The molecule has 5 heteroatoms. The summed E-state index contributed by atoms with van der Waals surface area (Å²) in [4.78, 5) is 0. The van der Waals surface area contributed by atoms with Crippen molar-refractivity contribution < 1.29 is 9.15 Å². The van der Waals surface area contributed by atoms with Gasteiger partial charge in [-0.1, -0.05) is 121 Å². The van der Waals surface area contributed by atoms with Gasteiger partial charge in [0.15, 0.2) is 0 Å². The van der Waals surface area contributed by atoms with Gasteiger partial charge in [0.1, 0.15) is 22.7 Å². The molecular weight excluding hydrogens is 867 g/mol. The SMILES string of the molecule is c1ccc(-n2c3ccccc3c3cc(-c4ccc5c(c4)c4cc(-c6ccc7c(c6)c6ccccc6n7-c6ccccc6)ccc4n5-c4cccc(Oc5ccc6oc7ccccc7c6c5)c4)ccc32)cc1. The molecular formula is C66H41N3O2. The van der Waals surface area contributed by atoms with Crippen molar-refractivity contribution in [3.63, 3.8) is 0 Å². The molecule has 0 N–H and O–H groups in total. The van der Waals surface area contributed by atoms with Crippen molar-refractivity contribution in [3.8, 4) is 50.8 Å². The van der Waals surface area contributed by atoms with Crippen molar-refractivity contribution in [2.75, 3.05) is 0 Å². The van der Waals surface area contributed by atoms with E-state index in [0.717, 1.165) is 72.7 Å². The Morgan fingerprint density at radius 2 is 0.634 bits per heavy atom. The number of aromatic nitrogens is 3. The highest BCUT2D eigenvalue weighted by Gasteiger charge is 2.19. The smallest absolute Gasteiger partial charge is 0.135 e. The van der Waals surface area contributed by atoms with Gasteiger partial charge in [-0.15, -0.1) is 0 Å². The van der Waals surface area contributed by atoms with Crippen LogP contribution in [0.25, 0.3) is 127 Å². The average molecular weight is 908 g/mol. The lowest BCUT2D eigenvalue weighted by molar-refractivity contribution is 0.483. The first-order valence-electron chi connectivity index (χ1n) is 24.1. The third-order valence-corrected chi connectivity index (χ3v) is 14.5. The topological polar surface area (TPSA) is 37.2 Å². The minimum absolute atomic E-state index is 0.754. The maximum Gasteiger partial charge on any atom is 0.135 e. The first-order valence-corrected chi connectivity index (χ1v) is 24.1.